The molecule has 0 radical (unpaired) electrons. The molecule has 0 aliphatic heterocycles. The Morgan fingerprint density at radius 3 is 2.68 bits per heavy atom. The number of aromatic nitrogens is 2. The minimum atomic E-state index is -1.08. The second kappa shape index (κ2) is 10.4. The van der Waals surface area contributed by atoms with Crippen LogP contribution in [0.1, 0.15) is 52.1 Å². The van der Waals surface area contributed by atoms with E-state index in [-0.39, 0.29) is 16.2 Å². The van der Waals surface area contributed by atoms with Gasteiger partial charge in [0, 0.05) is 29.8 Å². The lowest BCUT2D eigenvalue weighted by Gasteiger charge is -2.12. The van der Waals surface area contributed by atoms with E-state index >= 15 is 0 Å². The summed E-state index contributed by atoms with van der Waals surface area (Å²) >= 11 is 7.66. The highest BCUT2D eigenvalue weighted by Crippen LogP contribution is 2.22. The average molecular weight is 459 g/mol. The summed E-state index contributed by atoms with van der Waals surface area (Å²) in [6.07, 6.45) is 6.42. The van der Waals surface area contributed by atoms with Crippen molar-refractivity contribution in [3.8, 4) is 0 Å². The number of rotatable bonds is 10. The molecule has 2 heterocycles. The predicted molar refractivity (Wildman–Crippen MR) is 122 cm³/mol. The molecular formula is C23H23ClN2O4S. The smallest absolute Gasteiger partial charge is 0.337 e. The molecule has 0 bridgehead atoms. The number of halogens is 1. The topological polar surface area (TPSA) is 92.4 Å². The van der Waals surface area contributed by atoms with Gasteiger partial charge in [0.15, 0.2) is 0 Å². The van der Waals surface area contributed by atoms with Gasteiger partial charge in [0.2, 0.25) is 0 Å². The number of carboxylic acid groups (broad SMARTS) is 2. The highest BCUT2D eigenvalue weighted by atomic mass is 35.5. The summed E-state index contributed by atoms with van der Waals surface area (Å²) in [6, 6.07) is 8.65. The first kappa shape index (κ1) is 22.8. The Labute approximate surface area is 189 Å². The van der Waals surface area contributed by atoms with E-state index in [0.717, 1.165) is 35.5 Å². The van der Waals surface area contributed by atoms with Crippen molar-refractivity contribution >= 4 is 41.0 Å². The molecule has 0 fully saturated rings. The number of thiophene rings is 1. The number of hydrogen-bond donors (Lipinski definition) is 2. The van der Waals surface area contributed by atoms with Gasteiger partial charge in [-0.15, -0.1) is 11.3 Å². The maximum atomic E-state index is 11.9. The number of aliphatic carboxylic acids is 1. The summed E-state index contributed by atoms with van der Waals surface area (Å²) in [6.45, 7) is 2.51. The van der Waals surface area contributed by atoms with Gasteiger partial charge in [-0.05, 0) is 41.6 Å². The van der Waals surface area contributed by atoms with Crippen LogP contribution >= 0.6 is 22.9 Å². The molecule has 0 saturated carbocycles. The predicted octanol–water partition coefficient (Wildman–Crippen LogP) is 5.40. The number of imidazole rings is 1. The number of aryl methyl sites for hydroxylation is 1. The quantitative estimate of drug-likeness (QED) is 0.397. The second-order valence-corrected chi connectivity index (χ2v) is 8.58. The molecule has 0 aliphatic carbocycles. The van der Waals surface area contributed by atoms with E-state index in [9.17, 15) is 19.8 Å². The molecule has 0 spiro atoms. The van der Waals surface area contributed by atoms with Crippen LogP contribution in [0.4, 0.5) is 0 Å². The fourth-order valence-corrected chi connectivity index (χ4v) is 4.25. The van der Waals surface area contributed by atoms with Gasteiger partial charge in [-0.3, -0.25) is 0 Å². The Hall–Kier alpha value is -2.90. The summed E-state index contributed by atoms with van der Waals surface area (Å²) in [7, 11) is 0. The molecule has 1 aromatic carbocycles. The maximum Gasteiger partial charge on any atom is 0.337 e. The van der Waals surface area contributed by atoms with Gasteiger partial charge in [-0.25, -0.2) is 14.6 Å². The SMILES string of the molecule is CCCCc1ncc(/C=C(\Cc2cccs2)C(=O)O)n1Cc1ccc(C(=O)O)c(Cl)c1. The normalized spacial score (nSPS) is 11.6. The van der Waals surface area contributed by atoms with Crippen molar-refractivity contribution in [2.24, 2.45) is 0 Å². The van der Waals surface area contributed by atoms with E-state index in [1.165, 1.54) is 17.4 Å². The van der Waals surface area contributed by atoms with Gasteiger partial charge in [0.05, 0.1) is 22.5 Å². The third-order valence-corrected chi connectivity index (χ3v) is 6.06. The Morgan fingerprint density at radius 1 is 1.26 bits per heavy atom. The van der Waals surface area contributed by atoms with Crippen LogP contribution in [0.2, 0.25) is 5.02 Å². The molecule has 3 rings (SSSR count). The standard InChI is InChI=1S/C23H23ClN2O4S/c1-2-3-6-21-25-13-17(11-16(22(27)28)12-18-5-4-9-31-18)26(21)14-15-7-8-19(23(29)30)20(24)10-15/h4-5,7-11,13H,2-3,6,12,14H2,1H3,(H,27,28)(H,29,30)/b16-11+. The van der Waals surface area contributed by atoms with Gasteiger partial charge in [0.25, 0.3) is 0 Å². The highest BCUT2D eigenvalue weighted by Gasteiger charge is 2.15. The van der Waals surface area contributed by atoms with Crippen LogP contribution in [0.5, 0.6) is 0 Å². The van der Waals surface area contributed by atoms with E-state index in [1.807, 2.05) is 22.1 Å². The Morgan fingerprint density at radius 2 is 2.06 bits per heavy atom. The van der Waals surface area contributed by atoms with Crippen molar-refractivity contribution in [3.63, 3.8) is 0 Å². The van der Waals surface area contributed by atoms with Crippen molar-refractivity contribution in [2.75, 3.05) is 0 Å². The zero-order valence-corrected chi connectivity index (χ0v) is 18.6. The fourth-order valence-electron chi connectivity index (χ4n) is 3.24. The number of nitrogens with zero attached hydrogens (tertiary/aromatic N) is 2. The average Bonchev–Trinajstić information content (AvgIpc) is 3.36. The molecular weight excluding hydrogens is 436 g/mol. The van der Waals surface area contributed by atoms with Gasteiger partial charge in [-0.1, -0.05) is 37.1 Å². The first-order chi connectivity index (χ1) is 14.9. The van der Waals surface area contributed by atoms with Crippen LogP contribution in [0, 0.1) is 0 Å². The van der Waals surface area contributed by atoms with Crippen molar-refractivity contribution < 1.29 is 19.8 Å². The van der Waals surface area contributed by atoms with Crippen molar-refractivity contribution in [2.45, 2.75) is 39.2 Å². The number of carboxylic acids is 2. The molecule has 0 saturated heterocycles. The second-order valence-electron chi connectivity index (χ2n) is 7.14. The third kappa shape index (κ3) is 5.83. The molecule has 6 nitrogen and oxygen atoms in total. The number of hydrogen-bond acceptors (Lipinski definition) is 4. The van der Waals surface area contributed by atoms with Crippen LogP contribution in [-0.4, -0.2) is 31.7 Å². The molecule has 2 aromatic heterocycles. The molecule has 3 aromatic rings. The molecule has 0 amide bonds. The lowest BCUT2D eigenvalue weighted by atomic mass is 10.1. The number of carbonyl (C=O) groups is 2. The van der Waals surface area contributed by atoms with Crippen LogP contribution in [-0.2, 0) is 24.2 Å². The molecule has 162 valence electrons. The number of unbranched alkanes of at least 4 members (excludes halogenated alkanes) is 1. The van der Waals surface area contributed by atoms with Crippen LogP contribution in [0.3, 0.4) is 0 Å². The van der Waals surface area contributed by atoms with E-state index in [2.05, 4.69) is 11.9 Å². The van der Waals surface area contributed by atoms with Crippen molar-refractivity contribution in [3.05, 3.63) is 80.0 Å². The monoisotopic (exact) mass is 458 g/mol. The zero-order valence-electron chi connectivity index (χ0n) is 17.0. The van der Waals surface area contributed by atoms with Crippen LogP contribution < -0.4 is 0 Å². The van der Waals surface area contributed by atoms with E-state index in [0.29, 0.717) is 18.7 Å². The summed E-state index contributed by atoms with van der Waals surface area (Å²) in [5.41, 5.74) is 1.84. The molecule has 0 aliphatic rings. The summed E-state index contributed by atoms with van der Waals surface area (Å²) in [4.78, 5) is 28.6. The minimum absolute atomic E-state index is 0.0477. The maximum absolute atomic E-state index is 11.9. The Balaban J connectivity index is 1.97. The van der Waals surface area contributed by atoms with E-state index in [4.69, 9.17) is 11.6 Å². The fraction of sp³-hybridized carbons (Fsp3) is 0.261. The molecule has 8 heteroatoms. The first-order valence-corrected chi connectivity index (χ1v) is 11.2. The zero-order chi connectivity index (χ0) is 22.4. The largest absolute Gasteiger partial charge is 0.478 e. The summed E-state index contributed by atoms with van der Waals surface area (Å²) in [5, 5.41) is 21.0. The number of aromatic carboxylic acids is 1. The van der Waals surface area contributed by atoms with E-state index < -0.39 is 11.9 Å². The highest BCUT2D eigenvalue weighted by molar-refractivity contribution is 7.09. The van der Waals surface area contributed by atoms with Gasteiger partial charge in [0.1, 0.15) is 5.82 Å². The molecule has 0 atom stereocenters. The van der Waals surface area contributed by atoms with Gasteiger partial charge >= 0.3 is 11.9 Å². The number of benzene rings is 1. The Kier molecular flexibility index (Phi) is 7.65. The van der Waals surface area contributed by atoms with Crippen molar-refractivity contribution in [1.29, 1.82) is 0 Å². The Bertz CT molecular complexity index is 1100. The first-order valence-electron chi connectivity index (χ1n) is 9.91. The van der Waals surface area contributed by atoms with Crippen LogP contribution in [0.15, 0.2) is 47.5 Å². The van der Waals surface area contributed by atoms with Gasteiger partial charge < -0.3 is 14.8 Å². The van der Waals surface area contributed by atoms with Crippen molar-refractivity contribution in [1.82, 2.24) is 9.55 Å². The molecule has 0 unspecified atom stereocenters. The summed E-state index contributed by atoms with van der Waals surface area (Å²) in [5.74, 6) is -1.19. The van der Waals surface area contributed by atoms with E-state index in [1.54, 1.807) is 24.4 Å². The van der Waals surface area contributed by atoms with Gasteiger partial charge in [-0.2, -0.15) is 0 Å². The third-order valence-electron chi connectivity index (χ3n) is 4.87. The summed E-state index contributed by atoms with van der Waals surface area (Å²) < 4.78 is 1.97. The van der Waals surface area contributed by atoms with Crippen LogP contribution in [0.25, 0.3) is 6.08 Å². The minimum Gasteiger partial charge on any atom is -0.478 e. The lowest BCUT2D eigenvalue weighted by molar-refractivity contribution is -0.132. The molecule has 31 heavy (non-hydrogen) atoms. The lowest BCUT2D eigenvalue weighted by Crippen LogP contribution is -2.09. The molecule has 2 N–H and O–H groups in total.